The molecule has 6 heteroatoms. The average molecular weight is 396 g/mol. The van der Waals surface area contributed by atoms with E-state index in [1.807, 2.05) is 48.5 Å². The zero-order valence-electron chi connectivity index (χ0n) is 16.6. The fourth-order valence-corrected chi connectivity index (χ4v) is 4.63. The fraction of sp³-hybridized carbons (Fsp3) is 0.208. The van der Waals surface area contributed by atoms with Crippen LogP contribution in [0.5, 0.6) is 5.75 Å². The second-order valence-corrected chi connectivity index (χ2v) is 7.55. The van der Waals surface area contributed by atoms with Crippen LogP contribution >= 0.6 is 0 Å². The number of anilines is 1. The third-order valence-electron chi connectivity index (χ3n) is 5.98. The molecule has 2 N–H and O–H groups in total. The third kappa shape index (κ3) is 2.17. The van der Waals surface area contributed by atoms with Gasteiger partial charge in [0.1, 0.15) is 22.6 Å². The molecule has 5 rings (SSSR count). The number of ether oxygens (including phenoxy) is 1. The van der Waals surface area contributed by atoms with Gasteiger partial charge in [0.25, 0.3) is 0 Å². The Bertz CT molecular complexity index is 1270. The van der Waals surface area contributed by atoms with Gasteiger partial charge in [-0.3, -0.25) is 9.78 Å². The maximum Gasteiger partial charge on any atom is 0.247 e. The summed E-state index contributed by atoms with van der Waals surface area (Å²) in [6, 6.07) is 17.4. The van der Waals surface area contributed by atoms with Gasteiger partial charge in [-0.1, -0.05) is 49.7 Å². The van der Waals surface area contributed by atoms with Gasteiger partial charge in [-0.15, -0.1) is 0 Å². The molecule has 1 unspecified atom stereocenters. The molecule has 2 aromatic carbocycles. The minimum absolute atomic E-state index is 0.0522. The first-order valence-electron chi connectivity index (χ1n) is 10.0. The number of nitrogens with zero attached hydrogens (tertiary/aromatic N) is 3. The number of fused-ring (bicyclic) bond motifs is 6. The van der Waals surface area contributed by atoms with Crippen LogP contribution in [0.2, 0.25) is 0 Å². The Hall–Kier alpha value is -3.85. The highest BCUT2D eigenvalue weighted by atomic mass is 16.5. The van der Waals surface area contributed by atoms with Gasteiger partial charge in [0.05, 0.1) is 0 Å². The van der Waals surface area contributed by atoms with Gasteiger partial charge in [0.15, 0.2) is 5.75 Å². The van der Waals surface area contributed by atoms with Crippen molar-refractivity contribution in [2.24, 2.45) is 5.73 Å². The molecule has 0 saturated carbocycles. The summed E-state index contributed by atoms with van der Waals surface area (Å²) in [5, 5.41) is 11.0. The zero-order chi connectivity index (χ0) is 20.9. The van der Waals surface area contributed by atoms with Crippen LogP contribution < -0.4 is 15.4 Å². The van der Waals surface area contributed by atoms with Crippen molar-refractivity contribution in [3.05, 3.63) is 77.3 Å². The highest BCUT2D eigenvalue weighted by molar-refractivity contribution is 6.15. The van der Waals surface area contributed by atoms with Crippen molar-refractivity contribution < 1.29 is 9.53 Å². The number of carbonyl (C=O) groups excluding carboxylic acids is 1. The summed E-state index contributed by atoms with van der Waals surface area (Å²) in [4.78, 5) is 20.3. The smallest absolute Gasteiger partial charge is 0.247 e. The summed E-state index contributed by atoms with van der Waals surface area (Å²) in [5.74, 6) is 0.213. The van der Waals surface area contributed by atoms with Crippen LogP contribution in [0.3, 0.4) is 0 Å². The molecule has 3 heterocycles. The first-order valence-corrected chi connectivity index (χ1v) is 10.0. The molecule has 148 valence electrons. The third-order valence-corrected chi connectivity index (χ3v) is 5.98. The van der Waals surface area contributed by atoms with Gasteiger partial charge in [-0.25, -0.2) is 0 Å². The first kappa shape index (κ1) is 18.2. The molecule has 1 spiro atoms. The van der Waals surface area contributed by atoms with Gasteiger partial charge >= 0.3 is 0 Å². The molecule has 6 nitrogen and oxygen atoms in total. The molecule has 0 saturated heterocycles. The molecule has 30 heavy (non-hydrogen) atoms. The summed E-state index contributed by atoms with van der Waals surface area (Å²) in [6.07, 6.45) is 3.49. The quantitative estimate of drug-likeness (QED) is 0.728. The Morgan fingerprint density at radius 2 is 2.00 bits per heavy atom. The van der Waals surface area contributed by atoms with Crippen molar-refractivity contribution in [1.82, 2.24) is 4.98 Å². The predicted octanol–water partition coefficient (Wildman–Crippen LogP) is 3.75. The molecule has 1 aromatic heterocycles. The number of rotatable bonds is 3. The van der Waals surface area contributed by atoms with Gasteiger partial charge in [-0.05, 0) is 18.6 Å². The van der Waals surface area contributed by atoms with E-state index in [0.29, 0.717) is 23.4 Å². The maximum atomic E-state index is 14.1. The number of para-hydroxylation sites is 1. The highest BCUT2D eigenvalue weighted by Gasteiger charge is 2.59. The van der Waals surface area contributed by atoms with Crippen molar-refractivity contribution in [1.29, 1.82) is 5.26 Å². The van der Waals surface area contributed by atoms with E-state index >= 15 is 0 Å². The lowest BCUT2D eigenvalue weighted by Crippen LogP contribution is -2.46. The van der Waals surface area contributed by atoms with E-state index in [2.05, 4.69) is 18.0 Å². The van der Waals surface area contributed by atoms with Crippen LogP contribution in [0.1, 0.15) is 30.9 Å². The molecular weight excluding hydrogens is 376 g/mol. The molecule has 3 aromatic rings. The number of carbonyl (C=O) groups is 1. The Morgan fingerprint density at radius 1 is 1.17 bits per heavy atom. The molecule has 2 aliphatic heterocycles. The lowest BCUT2D eigenvalue weighted by molar-refractivity contribution is -0.121. The number of hydrogen-bond acceptors (Lipinski definition) is 5. The summed E-state index contributed by atoms with van der Waals surface area (Å²) < 4.78 is 5.92. The van der Waals surface area contributed by atoms with Crippen LogP contribution in [0, 0.1) is 11.3 Å². The summed E-state index contributed by atoms with van der Waals surface area (Å²) >= 11 is 0. The average Bonchev–Trinajstić information content (AvgIpc) is 3.01. The number of pyridine rings is 1. The van der Waals surface area contributed by atoms with Gasteiger partial charge in [0, 0.05) is 34.9 Å². The van der Waals surface area contributed by atoms with Crippen LogP contribution in [0.25, 0.3) is 10.9 Å². The lowest BCUT2D eigenvalue weighted by Gasteiger charge is -2.34. The summed E-state index contributed by atoms with van der Waals surface area (Å²) in [7, 11) is 0. The van der Waals surface area contributed by atoms with Gasteiger partial charge in [-0.2, -0.15) is 5.26 Å². The van der Waals surface area contributed by atoms with Gasteiger partial charge < -0.3 is 15.4 Å². The standard InChI is InChI=1S/C24H20N4O2/c1-2-3-13-28-19-9-5-4-8-16(19)24(23(28)29)17-11-10-15-7-6-12-27-20(15)21(17)30-22(26)18(24)14-25/h4-12H,2-3,13,26H2,1H3. The first-order chi connectivity index (χ1) is 14.6. The number of unbranched alkanes of at least 4 members (excludes halogenated alkanes) is 1. The molecule has 2 aliphatic rings. The summed E-state index contributed by atoms with van der Waals surface area (Å²) in [6.45, 7) is 2.66. The molecule has 0 fully saturated rings. The number of nitriles is 1. The van der Waals surface area contributed by atoms with Crippen LogP contribution in [0.4, 0.5) is 5.69 Å². The fourth-order valence-electron chi connectivity index (χ4n) is 4.63. The Balaban J connectivity index is 1.88. The number of benzene rings is 2. The van der Waals surface area contributed by atoms with E-state index < -0.39 is 5.41 Å². The maximum absolute atomic E-state index is 14.1. The molecule has 1 atom stereocenters. The van der Waals surface area contributed by atoms with Crippen LogP contribution in [-0.4, -0.2) is 17.4 Å². The molecule has 0 bridgehead atoms. The second-order valence-electron chi connectivity index (χ2n) is 7.55. The van der Waals surface area contributed by atoms with E-state index in [1.165, 1.54) is 0 Å². The predicted molar refractivity (Wildman–Crippen MR) is 114 cm³/mol. The number of nitrogens with two attached hydrogens (primary N) is 1. The van der Waals surface area contributed by atoms with Gasteiger partial charge in [0.2, 0.25) is 11.8 Å². The van der Waals surface area contributed by atoms with E-state index in [9.17, 15) is 10.1 Å². The van der Waals surface area contributed by atoms with Crippen molar-refractivity contribution >= 4 is 22.5 Å². The molecule has 1 amide bonds. The number of hydrogen-bond donors (Lipinski definition) is 1. The van der Waals surface area contributed by atoms with E-state index in [0.717, 1.165) is 29.5 Å². The Kier molecular flexibility index (Phi) is 4.00. The normalized spacial score (nSPS) is 19.6. The van der Waals surface area contributed by atoms with Crippen LogP contribution in [0.15, 0.2) is 66.2 Å². The monoisotopic (exact) mass is 396 g/mol. The summed E-state index contributed by atoms with van der Waals surface area (Å²) in [5.41, 5.74) is 7.84. The molecular formula is C24H20N4O2. The van der Waals surface area contributed by atoms with Crippen molar-refractivity contribution in [2.75, 3.05) is 11.4 Å². The minimum Gasteiger partial charge on any atom is -0.438 e. The second kappa shape index (κ2) is 6.60. The van der Waals surface area contributed by atoms with E-state index in [4.69, 9.17) is 10.5 Å². The Morgan fingerprint density at radius 3 is 2.80 bits per heavy atom. The highest BCUT2D eigenvalue weighted by Crippen LogP contribution is 2.56. The topological polar surface area (TPSA) is 92.2 Å². The molecule has 0 aliphatic carbocycles. The van der Waals surface area contributed by atoms with Crippen molar-refractivity contribution in [2.45, 2.75) is 25.2 Å². The van der Waals surface area contributed by atoms with Crippen molar-refractivity contribution in [3.63, 3.8) is 0 Å². The zero-order valence-corrected chi connectivity index (χ0v) is 16.6. The number of aromatic nitrogens is 1. The Labute approximate surface area is 174 Å². The van der Waals surface area contributed by atoms with E-state index in [1.54, 1.807) is 11.1 Å². The lowest BCUT2D eigenvalue weighted by atomic mass is 9.68. The molecule has 0 radical (unpaired) electrons. The SMILES string of the molecule is CCCCN1C(=O)C2(C(C#N)=C(N)Oc3c2ccc2cccnc32)c2ccccc21. The van der Waals surface area contributed by atoms with Crippen LogP contribution in [-0.2, 0) is 10.2 Å². The minimum atomic E-state index is -1.33. The largest absolute Gasteiger partial charge is 0.438 e. The van der Waals surface area contributed by atoms with Crippen molar-refractivity contribution in [3.8, 4) is 11.8 Å². The number of amides is 1. The van der Waals surface area contributed by atoms with E-state index in [-0.39, 0.29) is 17.4 Å².